The van der Waals surface area contributed by atoms with Crippen molar-refractivity contribution in [2.75, 3.05) is 14.2 Å². The molecule has 5 nitrogen and oxygen atoms in total. The van der Waals surface area contributed by atoms with Gasteiger partial charge in [-0.15, -0.1) is 0 Å². The van der Waals surface area contributed by atoms with Crippen LogP contribution in [0.15, 0.2) is 42.5 Å². The van der Waals surface area contributed by atoms with Crippen molar-refractivity contribution in [1.82, 2.24) is 0 Å². The van der Waals surface area contributed by atoms with E-state index in [9.17, 15) is 0 Å². The number of nitrogens with one attached hydrogen (secondary N) is 1. The lowest BCUT2D eigenvalue weighted by Crippen LogP contribution is -2.12. The highest BCUT2D eigenvalue weighted by molar-refractivity contribution is 5.95. The zero-order valence-corrected chi connectivity index (χ0v) is 12.1. The van der Waals surface area contributed by atoms with Gasteiger partial charge in [0.2, 0.25) is 0 Å². The number of methoxy groups -OCH3 is 2. The average Bonchev–Trinajstić information content (AvgIpc) is 2.52. The van der Waals surface area contributed by atoms with E-state index in [0.29, 0.717) is 29.4 Å². The Hall–Kier alpha value is -2.69. The van der Waals surface area contributed by atoms with E-state index in [1.54, 1.807) is 32.4 Å². The van der Waals surface area contributed by atoms with E-state index >= 15 is 0 Å². The molecule has 0 amide bonds. The molecule has 0 spiro atoms. The van der Waals surface area contributed by atoms with Crippen LogP contribution >= 0.6 is 0 Å². The summed E-state index contributed by atoms with van der Waals surface area (Å²) in [6.07, 6.45) is 0. The molecule has 0 fully saturated rings. The molecule has 0 bridgehead atoms. The standard InChI is InChI=1S/C16H18N2O3/c1-19-13-8-7-11(16(17)18)9-12(13)10-21-15-6-4-3-5-14(15)20-2/h3-9H,10H2,1-2H3,(H3,17,18). The predicted molar refractivity (Wildman–Crippen MR) is 81.3 cm³/mol. The normalized spacial score (nSPS) is 10.0. The summed E-state index contributed by atoms with van der Waals surface area (Å²) in [5, 5.41) is 7.50. The highest BCUT2D eigenvalue weighted by atomic mass is 16.5. The van der Waals surface area contributed by atoms with Gasteiger partial charge in [0.1, 0.15) is 18.2 Å². The SMILES string of the molecule is COc1ccc(C(=N)N)cc1COc1ccccc1OC. The summed E-state index contributed by atoms with van der Waals surface area (Å²) in [7, 11) is 3.19. The summed E-state index contributed by atoms with van der Waals surface area (Å²) in [5.41, 5.74) is 6.96. The van der Waals surface area contributed by atoms with Crippen molar-refractivity contribution < 1.29 is 14.2 Å². The van der Waals surface area contributed by atoms with E-state index < -0.39 is 0 Å². The van der Waals surface area contributed by atoms with Crippen LogP contribution < -0.4 is 19.9 Å². The van der Waals surface area contributed by atoms with Gasteiger partial charge < -0.3 is 19.9 Å². The van der Waals surface area contributed by atoms with Crippen molar-refractivity contribution in [3.05, 3.63) is 53.6 Å². The van der Waals surface area contributed by atoms with Gasteiger partial charge in [-0.25, -0.2) is 0 Å². The molecule has 0 heterocycles. The fourth-order valence-corrected chi connectivity index (χ4v) is 1.95. The van der Waals surface area contributed by atoms with Crippen LogP contribution in [0, 0.1) is 5.41 Å². The zero-order valence-electron chi connectivity index (χ0n) is 12.1. The van der Waals surface area contributed by atoms with Crippen LogP contribution in [0.3, 0.4) is 0 Å². The molecule has 0 aliphatic rings. The van der Waals surface area contributed by atoms with E-state index in [2.05, 4.69) is 0 Å². The maximum Gasteiger partial charge on any atom is 0.161 e. The first-order valence-corrected chi connectivity index (χ1v) is 6.43. The molecule has 0 aliphatic heterocycles. The minimum absolute atomic E-state index is 0.0104. The quantitative estimate of drug-likeness (QED) is 0.632. The van der Waals surface area contributed by atoms with Crippen molar-refractivity contribution in [2.45, 2.75) is 6.61 Å². The van der Waals surface area contributed by atoms with Crippen LogP contribution in [0.2, 0.25) is 0 Å². The maximum absolute atomic E-state index is 7.50. The first-order chi connectivity index (χ1) is 10.2. The van der Waals surface area contributed by atoms with E-state index in [1.807, 2.05) is 24.3 Å². The lowest BCUT2D eigenvalue weighted by molar-refractivity contribution is 0.278. The van der Waals surface area contributed by atoms with Crippen molar-refractivity contribution in [2.24, 2.45) is 5.73 Å². The van der Waals surface area contributed by atoms with E-state index in [1.165, 1.54) is 0 Å². The predicted octanol–water partition coefficient (Wildman–Crippen LogP) is 2.57. The second-order valence-electron chi connectivity index (χ2n) is 4.38. The topological polar surface area (TPSA) is 77.6 Å². The molecule has 0 aromatic heterocycles. The van der Waals surface area contributed by atoms with Gasteiger partial charge in [0, 0.05) is 11.1 Å². The Balaban J connectivity index is 2.22. The van der Waals surface area contributed by atoms with Crippen LogP contribution in [0.1, 0.15) is 11.1 Å². The minimum Gasteiger partial charge on any atom is -0.496 e. The molecule has 2 rings (SSSR count). The summed E-state index contributed by atoms with van der Waals surface area (Å²) >= 11 is 0. The minimum atomic E-state index is 0.0104. The molecule has 0 saturated carbocycles. The monoisotopic (exact) mass is 286 g/mol. The van der Waals surface area contributed by atoms with Gasteiger partial charge in [0.05, 0.1) is 14.2 Å². The van der Waals surface area contributed by atoms with Crippen LogP contribution in [0.4, 0.5) is 0 Å². The van der Waals surface area contributed by atoms with Gasteiger partial charge >= 0.3 is 0 Å². The molecule has 0 unspecified atom stereocenters. The zero-order chi connectivity index (χ0) is 15.2. The summed E-state index contributed by atoms with van der Waals surface area (Å²) in [5.74, 6) is 2.01. The molecule has 2 aromatic carbocycles. The fraction of sp³-hybridized carbons (Fsp3) is 0.188. The Bertz CT molecular complexity index is 641. The number of hydrogen-bond acceptors (Lipinski definition) is 4. The van der Waals surface area contributed by atoms with Gasteiger partial charge in [-0.05, 0) is 30.3 Å². The number of amidine groups is 1. The van der Waals surface area contributed by atoms with Crippen LogP contribution in [0.25, 0.3) is 0 Å². The Kier molecular flexibility index (Phi) is 4.66. The second kappa shape index (κ2) is 6.65. The molecule has 110 valence electrons. The molecule has 0 atom stereocenters. The van der Waals surface area contributed by atoms with E-state index in [0.717, 1.165) is 5.56 Å². The number of ether oxygens (including phenoxy) is 3. The Morgan fingerprint density at radius 1 is 1.00 bits per heavy atom. The molecule has 0 saturated heterocycles. The van der Waals surface area contributed by atoms with Gasteiger partial charge in [0.25, 0.3) is 0 Å². The number of nitrogen functional groups attached to an aromatic ring is 1. The highest BCUT2D eigenvalue weighted by Gasteiger charge is 2.09. The summed E-state index contributed by atoms with van der Waals surface area (Å²) in [4.78, 5) is 0. The maximum atomic E-state index is 7.50. The number of rotatable bonds is 6. The molecule has 0 radical (unpaired) electrons. The molecule has 21 heavy (non-hydrogen) atoms. The third kappa shape index (κ3) is 3.45. The Labute approximate surface area is 123 Å². The first kappa shape index (κ1) is 14.7. The number of para-hydroxylation sites is 2. The fourth-order valence-electron chi connectivity index (χ4n) is 1.95. The number of hydrogen-bond donors (Lipinski definition) is 2. The molecule has 5 heteroatoms. The largest absolute Gasteiger partial charge is 0.496 e. The van der Waals surface area contributed by atoms with Crippen molar-refractivity contribution in [3.8, 4) is 17.2 Å². The molecule has 2 aromatic rings. The Morgan fingerprint density at radius 3 is 2.29 bits per heavy atom. The third-order valence-electron chi connectivity index (χ3n) is 3.04. The summed E-state index contributed by atoms with van der Waals surface area (Å²) < 4.78 is 16.3. The van der Waals surface area contributed by atoms with Gasteiger partial charge in [-0.3, -0.25) is 5.41 Å². The van der Waals surface area contributed by atoms with Crippen molar-refractivity contribution in [3.63, 3.8) is 0 Å². The lowest BCUT2D eigenvalue weighted by atomic mass is 10.1. The smallest absolute Gasteiger partial charge is 0.161 e. The lowest BCUT2D eigenvalue weighted by Gasteiger charge is -2.13. The number of benzene rings is 2. The summed E-state index contributed by atoms with van der Waals surface area (Å²) in [6.45, 7) is 0.296. The van der Waals surface area contributed by atoms with Crippen molar-refractivity contribution in [1.29, 1.82) is 5.41 Å². The number of nitrogens with two attached hydrogens (primary N) is 1. The van der Waals surface area contributed by atoms with Crippen LogP contribution in [0.5, 0.6) is 17.2 Å². The van der Waals surface area contributed by atoms with Crippen molar-refractivity contribution >= 4 is 5.84 Å². The molecular weight excluding hydrogens is 268 g/mol. The molecule has 3 N–H and O–H groups in total. The summed E-state index contributed by atoms with van der Waals surface area (Å²) in [6, 6.07) is 12.7. The highest BCUT2D eigenvalue weighted by Crippen LogP contribution is 2.28. The van der Waals surface area contributed by atoms with E-state index in [4.69, 9.17) is 25.4 Å². The first-order valence-electron chi connectivity index (χ1n) is 6.43. The Morgan fingerprint density at radius 2 is 1.67 bits per heavy atom. The molecule has 0 aliphatic carbocycles. The van der Waals surface area contributed by atoms with Gasteiger partial charge in [0.15, 0.2) is 11.5 Å². The van der Waals surface area contributed by atoms with E-state index in [-0.39, 0.29) is 5.84 Å². The van der Waals surface area contributed by atoms with Crippen LogP contribution in [-0.2, 0) is 6.61 Å². The second-order valence-corrected chi connectivity index (χ2v) is 4.38. The van der Waals surface area contributed by atoms with Gasteiger partial charge in [-0.2, -0.15) is 0 Å². The van der Waals surface area contributed by atoms with Crippen LogP contribution in [-0.4, -0.2) is 20.1 Å². The molecular formula is C16H18N2O3. The third-order valence-corrected chi connectivity index (χ3v) is 3.04. The van der Waals surface area contributed by atoms with Gasteiger partial charge in [-0.1, -0.05) is 12.1 Å². The average molecular weight is 286 g/mol.